The Bertz CT molecular complexity index is 566. The van der Waals surface area contributed by atoms with Crippen LogP contribution in [0.4, 0.5) is 4.79 Å². The van der Waals surface area contributed by atoms with Crippen molar-refractivity contribution in [1.82, 2.24) is 10.2 Å². The first-order valence-corrected chi connectivity index (χ1v) is 6.79. The Hall–Kier alpha value is -2.89. The highest BCUT2D eigenvalue weighted by Crippen LogP contribution is 2.08. The molecule has 0 rings (SSSR count). The second kappa shape index (κ2) is 9.19. The van der Waals surface area contributed by atoms with E-state index >= 15 is 0 Å². The summed E-state index contributed by atoms with van der Waals surface area (Å²) in [5.74, 6) is -0.244. The maximum absolute atomic E-state index is 12.0. The normalized spacial score (nSPS) is 12.0. The highest BCUT2D eigenvalue weighted by Gasteiger charge is 2.18. The number of nitrogens with one attached hydrogen (secondary N) is 1. The van der Waals surface area contributed by atoms with Crippen molar-refractivity contribution < 1.29 is 14.3 Å². The maximum Gasteiger partial charge on any atom is 0.412 e. The smallest absolute Gasteiger partial charge is 0.412 e. The van der Waals surface area contributed by atoms with Crippen LogP contribution in [0.15, 0.2) is 67.6 Å². The number of ether oxygens (including phenoxy) is 1. The van der Waals surface area contributed by atoms with Gasteiger partial charge in [0.05, 0.1) is 5.70 Å². The Labute approximate surface area is 137 Å². The topological polar surface area (TPSA) is 71.0 Å². The Morgan fingerprint density at radius 3 is 2.09 bits per heavy atom. The molecule has 0 aromatic carbocycles. The van der Waals surface area contributed by atoms with E-state index in [1.165, 1.54) is 24.6 Å². The number of carbonyl (C=O) groups excluding carboxylic acids is 2. The third-order valence-electron chi connectivity index (χ3n) is 2.20. The van der Waals surface area contributed by atoms with Gasteiger partial charge in [-0.25, -0.2) is 9.79 Å². The van der Waals surface area contributed by atoms with Crippen LogP contribution in [0.1, 0.15) is 20.8 Å². The van der Waals surface area contributed by atoms with Crippen molar-refractivity contribution in [3.63, 3.8) is 0 Å². The number of rotatable bonds is 6. The predicted molar refractivity (Wildman–Crippen MR) is 92.5 cm³/mol. The van der Waals surface area contributed by atoms with Crippen LogP contribution >= 0.6 is 0 Å². The van der Waals surface area contributed by atoms with E-state index in [-0.39, 0.29) is 11.5 Å². The summed E-state index contributed by atoms with van der Waals surface area (Å²) in [5.41, 5.74) is -0.406. The molecule has 0 saturated heterocycles. The number of amidine groups is 1. The summed E-state index contributed by atoms with van der Waals surface area (Å²) < 4.78 is 5.14. The molecule has 0 aliphatic carbocycles. The lowest BCUT2D eigenvalue weighted by atomic mass is 10.2. The number of alkyl carbamates (subject to hydrolysis) is 1. The molecule has 124 valence electrons. The Balaban J connectivity index is 5.52. The molecule has 6 heteroatoms. The predicted octanol–water partition coefficient (Wildman–Crippen LogP) is 3.28. The van der Waals surface area contributed by atoms with Crippen molar-refractivity contribution in [1.29, 1.82) is 0 Å². The molecule has 0 heterocycles. The Kier molecular flexibility index (Phi) is 8.04. The number of hydrogen-bond donors (Lipinski definition) is 1. The van der Waals surface area contributed by atoms with Gasteiger partial charge in [0.15, 0.2) is 0 Å². The molecule has 0 radical (unpaired) electrons. The van der Waals surface area contributed by atoms with Crippen LogP contribution in [0.3, 0.4) is 0 Å². The molecule has 2 amide bonds. The minimum atomic E-state index is -0.671. The molecular formula is C17H23N3O3. The van der Waals surface area contributed by atoms with E-state index in [0.29, 0.717) is 0 Å². The molecule has 6 nitrogen and oxygen atoms in total. The summed E-state index contributed by atoms with van der Waals surface area (Å²) in [6, 6.07) is 0. The quantitative estimate of drug-likeness (QED) is 0.354. The first-order chi connectivity index (χ1) is 10.7. The van der Waals surface area contributed by atoms with Gasteiger partial charge in [-0.05, 0) is 39.0 Å². The van der Waals surface area contributed by atoms with Crippen molar-refractivity contribution >= 4 is 17.8 Å². The van der Waals surface area contributed by atoms with Crippen molar-refractivity contribution in [3.8, 4) is 0 Å². The molecule has 0 saturated carbocycles. The molecule has 0 aromatic heterocycles. The molecule has 1 N–H and O–H groups in total. The van der Waals surface area contributed by atoms with Gasteiger partial charge in [0.25, 0.3) is 5.91 Å². The van der Waals surface area contributed by atoms with Crippen molar-refractivity contribution in [3.05, 3.63) is 62.6 Å². The Morgan fingerprint density at radius 1 is 1.09 bits per heavy atom. The van der Waals surface area contributed by atoms with Gasteiger partial charge in [0.2, 0.25) is 0 Å². The molecule has 0 aliphatic heterocycles. The maximum atomic E-state index is 12.0. The van der Waals surface area contributed by atoms with Gasteiger partial charge in [-0.2, -0.15) is 0 Å². The number of hydrogen-bond acceptors (Lipinski definition) is 4. The van der Waals surface area contributed by atoms with Crippen LogP contribution in [0.2, 0.25) is 0 Å². The molecule has 0 aliphatic rings. The largest absolute Gasteiger partial charge is 0.444 e. The summed E-state index contributed by atoms with van der Waals surface area (Å²) >= 11 is 0. The molecule has 0 bridgehead atoms. The number of aliphatic imine (C=N–C) groups is 1. The summed E-state index contributed by atoms with van der Waals surface area (Å²) in [6.45, 7) is 19.3. The fraction of sp³-hybridized carbons (Fsp3) is 0.235. The summed E-state index contributed by atoms with van der Waals surface area (Å²) in [5, 5.41) is 2.49. The first kappa shape index (κ1) is 20.1. The van der Waals surface area contributed by atoms with Gasteiger partial charge < -0.3 is 4.74 Å². The van der Waals surface area contributed by atoms with E-state index in [0.717, 1.165) is 11.0 Å². The van der Waals surface area contributed by atoms with Crippen molar-refractivity contribution in [2.75, 3.05) is 0 Å². The average molecular weight is 317 g/mol. The molecule has 23 heavy (non-hydrogen) atoms. The van der Waals surface area contributed by atoms with Gasteiger partial charge in [-0.3, -0.25) is 15.0 Å². The van der Waals surface area contributed by atoms with Crippen LogP contribution in [0.25, 0.3) is 0 Å². The fourth-order valence-corrected chi connectivity index (χ4v) is 1.34. The second-order valence-electron chi connectivity index (χ2n) is 5.20. The zero-order valence-electron chi connectivity index (χ0n) is 13.8. The van der Waals surface area contributed by atoms with Gasteiger partial charge >= 0.3 is 6.09 Å². The molecule has 0 spiro atoms. The number of nitrogens with zero attached hydrogens (tertiary/aromatic N) is 2. The standard InChI is InChI=1S/C17H23N3O3/c1-8-13(19-16(22)23-17(5,6)7)12-20(15(21)10-3)14(9-2)18-11-4/h8-12H,1-4H2,5-7H3,(H,19,22)/b13-12+,18-14?. The number of carbonyl (C=O) groups is 2. The molecule has 0 atom stereocenters. The van der Waals surface area contributed by atoms with E-state index in [4.69, 9.17) is 4.74 Å². The third-order valence-corrected chi connectivity index (χ3v) is 2.20. The van der Waals surface area contributed by atoms with E-state index in [2.05, 4.69) is 36.6 Å². The summed E-state index contributed by atoms with van der Waals surface area (Å²) in [6.07, 6.45) is 5.77. The van der Waals surface area contributed by atoms with Crippen LogP contribution in [0, 0.1) is 0 Å². The van der Waals surface area contributed by atoms with E-state index < -0.39 is 17.6 Å². The van der Waals surface area contributed by atoms with E-state index in [9.17, 15) is 9.59 Å². The van der Waals surface area contributed by atoms with Crippen LogP contribution in [0.5, 0.6) is 0 Å². The Morgan fingerprint density at radius 2 is 1.70 bits per heavy atom. The number of allylic oxidation sites excluding steroid dienone is 1. The highest BCUT2D eigenvalue weighted by molar-refractivity contribution is 6.08. The van der Waals surface area contributed by atoms with Gasteiger partial charge in [0.1, 0.15) is 11.4 Å². The van der Waals surface area contributed by atoms with Crippen LogP contribution in [-0.4, -0.2) is 28.3 Å². The monoisotopic (exact) mass is 317 g/mol. The first-order valence-electron chi connectivity index (χ1n) is 6.79. The SMILES string of the molecule is C=CN=C(C=C)N(/C=C(\C=C)NC(=O)OC(C)(C)C)C(=O)C=C. The second-order valence-corrected chi connectivity index (χ2v) is 5.20. The zero-order valence-corrected chi connectivity index (χ0v) is 13.8. The van der Waals surface area contributed by atoms with Gasteiger partial charge in [-0.15, -0.1) is 0 Å². The summed E-state index contributed by atoms with van der Waals surface area (Å²) in [4.78, 5) is 28.9. The highest BCUT2D eigenvalue weighted by atomic mass is 16.6. The fourth-order valence-electron chi connectivity index (χ4n) is 1.34. The molecule has 0 fully saturated rings. The number of amides is 2. The van der Waals surface area contributed by atoms with E-state index in [1.807, 2.05) is 0 Å². The van der Waals surface area contributed by atoms with E-state index in [1.54, 1.807) is 20.8 Å². The molecule has 0 unspecified atom stereocenters. The van der Waals surface area contributed by atoms with Gasteiger partial charge in [0, 0.05) is 12.4 Å². The van der Waals surface area contributed by atoms with Crippen LogP contribution < -0.4 is 5.32 Å². The van der Waals surface area contributed by atoms with Crippen molar-refractivity contribution in [2.24, 2.45) is 4.99 Å². The summed E-state index contributed by atoms with van der Waals surface area (Å²) in [7, 11) is 0. The zero-order chi connectivity index (χ0) is 18.0. The average Bonchev–Trinajstić information content (AvgIpc) is 2.46. The minimum absolute atomic E-state index is 0.218. The molecule has 0 aromatic rings. The lowest BCUT2D eigenvalue weighted by molar-refractivity contribution is -0.120. The van der Waals surface area contributed by atoms with Crippen molar-refractivity contribution in [2.45, 2.75) is 26.4 Å². The third kappa shape index (κ3) is 7.61. The molecular weight excluding hydrogens is 294 g/mol. The van der Waals surface area contributed by atoms with Gasteiger partial charge in [-0.1, -0.05) is 26.3 Å². The lowest BCUT2D eigenvalue weighted by Crippen LogP contribution is -2.34. The van der Waals surface area contributed by atoms with Crippen LogP contribution in [-0.2, 0) is 9.53 Å². The lowest BCUT2D eigenvalue weighted by Gasteiger charge is -2.21. The minimum Gasteiger partial charge on any atom is -0.444 e.